The number of anilines is 1. The van der Waals surface area contributed by atoms with Crippen molar-refractivity contribution in [3.63, 3.8) is 0 Å². The number of benzene rings is 1. The van der Waals surface area contributed by atoms with Crippen LogP contribution in [0.1, 0.15) is 48.4 Å². The second-order valence-corrected chi connectivity index (χ2v) is 8.53. The Hall–Kier alpha value is -2.40. The Morgan fingerprint density at radius 3 is 2.72 bits per heavy atom. The van der Waals surface area contributed by atoms with Crippen molar-refractivity contribution in [3.8, 4) is 17.0 Å². The summed E-state index contributed by atoms with van der Waals surface area (Å²) in [6.45, 7) is 7.91. The molecule has 0 radical (unpaired) electrons. The van der Waals surface area contributed by atoms with E-state index in [2.05, 4.69) is 42.2 Å². The van der Waals surface area contributed by atoms with Crippen molar-refractivity contribution in [3.05, 3.63) is 40.6 Å². The molecule has 1 aromatic heterocycles. The van der Waals surface area contributed by atoms with Crippen LogP contribution in [0.4, 0.5) is 5.69 Å². The standard InChI is InChI=1S/C24H31N3O2/c1-15-14-18-6-5-7-21(18)23(26-17(3)28)22(15)20-8-11-25-24(16(20)2)29-19-9-12-27(4)13-10-19/h8,11,14,19H,5-7,9-10,12-13H2,1-4H3,(H,26,28). The third-order valence-electron chi connectivity index (χ3n) is 6.27. The first kappa shape index (κ1) is 19.9. The van der Waals surface area contributed by atoms with Gasteiger partial charge in [0.15, 0.2) is 0 Å². The maximum absolute atomic E-state index is 12.0. The molecular formula is C24H31N3O2. The number of carbonyl (C=O) groups excluding carboxylic acids is 1. The molecule has 0 bridgehead atoms. The number of rotatable bonds is 4. The fourth-order valence-corrected chi connectivity index (χ4v) is 4.72. The molecule has 2 heterocycles. The summed E-state index contributed by atoms with van der Waals surface area (Å²) in [6.07, 6.45) is 7.34. The van der Waals surface area contributed by atoms with E-state index in [1.807, 2.05) is 12.3 Å². The third kappa shape index (κ3) is 4.01. The zero-order valence-electron chi connectivity index (χ0n) is 18.0. The molecule has 2 aromatic rings. The number of fused-ring (bicyclic) bond motifs is 1. The normalized spacial score (nSPS) is 17.2. The highest BCUT2D eigenvalue weighted by atomic mass is 16.5. The van der Waals surface area contributed by atoms with Gasteiger partial charge >= 0.3 is 0 Å². The van der Waals surface area contributed by atoms with E-state index < -0.39 is 0 Å². The summed E-state index contributed by atoms with van der Waals surface area (Å²) < 4.78 is 6.32. The van der Waals surface area contributed by atoms with Gasteiger partial charge in [-0.3, -0.25) is 4.79 Å². The zero-order valence-corrected chi connectivity index (χ0v) is 18.0. The molecule has 1 fully saturated rings. The number of piperidine rings is 1. The topological polar surface area (TPSA) is 54.5 Å². The van der Waals surface area contributed by atoms with Crippen molar-refractivity contribution in [2.24, 2.45) is 0 Å². The lowest BCUT2D eigenvalue weighted by atomic mass is 9.91. The van der Waals surface area contributed by atoms with Gasteiger partial charge in [-0.05, 0) is 81.3 Å². The minimum absolute atomic E-state index is 0.0274. The maximum atomic E-state index is 12.0. The van der Waals surface area contributed by atoms with Gasteiger partial charge in [0.25, 0.3) is 0 Å². The maximum Gasteiger partial charge on any atom is 0.221 e. The summed E-state index contributed by atoms with van der Waals surface area (Å²) in [5.41, 5.74) is 8.06. The number of aryl methyl sites for hydroxylation is 2. The first-order valence-corrected chi connectivity index (χ1v) is 10.7. The van der Waals surface area contributed by atoms with E-state index in [0.717, 1.165) is 67.6 Å². The second-order valence-electron chi connectivity index (χ2n) is 8.53. The number of pyridine rings is 1. The predicted molar refractivity (Wildman–Crippen MR) is 117 cm³/mol. The summed E-state index contributed by atoms with van der Waals surface area (Å²) in [4.78, 5) is 18.9. The second kappa shape index (κ2) is 8.15. The minimum Gasteiger partial charge on any atom is -0.474 e. The Labute approximate surface area is 173 Å². The van der Waals surface area contributed by atoms with Gasteiger partial charge in [0.05, 0.1) is 5.69 Å². The van der Waals surface area contributed by atoms with Crippen molar-refractivity contribution in [2.45, 2.75) is 59.0 Å². The van der Waals surface area contributed by atoms with Crippen molar-refractivity contribution in [1.29, 1.82) is 0 Å². The van der Waals surface area contributed by atoms with Gasteiger partial charge in [-0.25, -0.2) is 4.98 Å². The summed E-state index contributed by atoms with van der Waals surface area (Å²) in [7, 11) is 2.15. The molecule has 1 aromatic carbocycles. The molecule has 154 valence electrons. The minimum atomic E-state index is -0.0274. The molecule has 1 N–H and O–H groups in total. The molecular weight excluding hydrogens is 362 g/mol. The lowest BCUT2D eigenvalue weighted by Gasteiger charge is -2.29. The van der Waals surface area contributed by atoms with E-state index in [9.17, 15) is 4.79 Å². The first-order valence-electron chi connectivity index (χ1n) is 10.7. The Morgan fingerprint density at radius 2 is 2.00 bits per heavy atom. The molecule has 5 heteroatoms. The molecule has 1 saturated heterocycles. The first-order chi connectivity index (χ1) is 13.9. The summed E-state index contributed by atoms with van der Waals surface area (Å²) >= 11 is 0. The van der Waals surface area contributed by atoms with Crippen LogP contribution in [0.15, 0.2) is 18.3 Å². The van der Waals surface area contributed by atoms with E-state index >= 15 is 0 Å². The van der Waals surface area contributed by atoms with Crippen LogP contribution in [0.2, 0.25) is 0 Å². The summed E-state index contributed by atoms with van der Waals surface area (Å²) in [6, 6.07) is 4.34. The van der Waals surface area contributed by atoms with E-state index in [1.165, 1.54) is 16.7 Å². The van der Waals surface area contributed by atoms with Crippen molar-refractivity contribution < 1.29 is 9.53 Å². The largest absolute Gasteiger partial charge is 0.474 e. The van der Waals surface area contributed by atoms with Gasteiger partial charge in [-0.2, -0.15) is 0 Å². The smallest absolute Gasteiger partial charge is 0.221 e. The molecule has 0 saturated carbocycles. The van der Waals surface area contributed by atoms with Crippen LogP contribution in [0.5, 0.6) is 5.88 Å². The third-order valence-corrected chi connectivity index (χ3v) is 6.27. The Bertz CT molecular complexity index is 930. The number of carbonyl (C=O) groups is 1. The van der Waals surface area contributed by atoms with E-state index in [1.54, 1.807) is 6.92 Å². The number of hydrogen-bond acceptors (Lipinski definition) is 4. The molecule has 5 nitrogen and oxygen atoms in total. The van der Waals surface area contributed by atoms with E-state index in [0.29, 0.717) is 5.88 Å². The monoisotopic (exact) mass is 393 g/mol. The lowest BCUT2D eigenvalue weighted by Crippen LogP contribution is -2.35. The van der Waals surface area contributed by atoms with E-state index in [4.69, 9.17) is 4.74 Å². The fourth-order valence-electron chi connectivity index (χ4n) is 4.72. The van der Waals surface area contributed by atoms with Crippen LogP contribution >= 0.6 is 0 Å². The lowest BCUT2D eigenvalue weighted by molar-refractivity contribution is -0.114. The average Bonchev–Trinajstić information content (AvgIpc) is 3.14. The Kier molecular flexibility index (Phi) is 5.59. The van der Waals surface area contributed by atoms with Crippen molar-refractivity contribution >= 4 is 11.6 Å². The van der Waals surface area contributed by atoms with Gasteiger partial charge in [0, 0.05) is 37.3 Å². The van der Waals surface area contributed by atoms with Gasteiger partial charge < -0.3 is 15.0 Å². The number of aromatic nitrogens is 1. The fraction of sp³-hybridized carbons (Fsp3) is 0.500. The number of likely N-dealkylation sites (tertiary alicyclic amines) is 1. The number of ether oxygens (including phenoxy) is 1. The Balaban J connectivity index is 1.74. The van der Waals surface area contributed by atoms with Crippen molar-refractivity contribution in [1.82, 2.24) is 9.88 Å². The van der Waals surface area contributed by atoms with Crippen LogP contribution in [-0.4, -0.2) is 42.0 Å². The molecule has 2 aliphatic rings. The average molecular weight is 394 g/mol. The molecule has 0 atom stereocenters. The molecule has 1 amide bonds. The van der Waals surface area contributed by atoms with Gasteiger partial charge in [0.1, 0.15) is 6.10 Å². The number of nitrogens with zero attached hydrogens (tertiary/aromatic N) is 2. The van der Waals surface area contributed by atoms with Crippen molar-refractivity contribution in [2.75, 3.05) is 25.5 Å². The summed E-state index contributed by atoms with van der Waals surface area (Å²) in [5, 5.41) is 3.14. The van der Waals surface area contributed by atoms with Gasteiger partial charge in [-0.1, -0.05) is 6.07 Å². The molecule has 0 spiro atoms. The zero-order chi connectivity index (χ0) is 20.5. The number of hydrogen-bond donors (Lipinski definition) is 1. The van der Waals surface area contributed by atoms with Crippen LogP contribution in [-0.2, 0) is 17.6 Å². The van der Waals surface area contributed by atoms with Gasteiger partial charge in [-0.15, -0.1) is 0 Å². The predicted octanol–water partition coefficient (Wildman–Crippen LogP) is 4.29. The Morgan fingerprint density at radius 1 is 1.24 bits per heavy atom. The molecule has 0 unspecified atom stereocenters. The molecule has 1 aliphatic heterocycles. The molecule has 4 rings (SSSR count). The molecule has 1 aliphatic carbocycles. The van der Waals surface area contributed by atoms with Crippen LogP contribution in [0.3, 0.4) is 0 Å². The highest BCUT2D eigenvalue weighted by molar-refractivity contribution is 5.97. The number of nitrogens with one attached hydrogen (secondary N) is 1. The quantitative estimate of drug-likeness (QED) is 0.842. The molecule has 29 heavy (non-hydrogen) atoms. The van der Waals surface area contributed by atoms with Gasteiger partial charge in [0.2, 0.25) is 11.8 Å². The summed E-state index contributed by atoms with van der Waals surface area (Å²) in [5.74, 6) is 0.686. The SMILES string of the molecule is CC(=O)Nc1c2c(cc(C)c1-c1ccnc(OC3CCN(C)CC3)c1C)CCC2. The van der Waals surface area contributed by atoms with Crippen LogP contribution in [0, 0.1) is 13.8 Å². The highest BCUT2D eigenvalue weighted by Crippen LogP contribution is 2.42. The van der Waals surface area contributed by atoms with Crippen LogP contribution < -0.4 is 10.1 Å². The van der Waals surface area contributed by atoms with Crippen LogP contribution in [0.25, 0.3) is 11.1 Å². The number of amides is 1. The highest BCUT2D eigenvalue weighted by Gasteiger charge is 2.24. The van der Waals surface area contributed by atoms with E-state index in [-0.39, 0.29) is 12.0 Å².